The minimum absolute atomic E-state index is 0.0276. The minimum Gasteiger partial charge on any atom is -0.493 e. The maximum absolute atomic E-state index is 13.1. The van der Waals surface area contributed by atoms with E-state index in [9.17, 15) is 9.00 Å². The van der Waals surface area contributed by atoms with Gasteiger partial charge in [-0.1, -0.05) is 44.2 Å². The molecule has 0 saturated heterocycles. The van der Waals surface area contributed by atoms with E-state index in [1.807, 2.05) is 93.0 Å². The predicted octanol–water partition coefficient (Wildman–Crippen LogP) is 7.61. The van der Waals surface area contributed by atoms with E-state index >= 15 is 0 Å². The molecule has 4 aromatic rings. The second-order valence-electron chi connectivity index (χ2n) is 10.8. The summed E-state index contributed by atoms with van der Waals surface area (Å²) in [5.41, 5.74) is 5.67. The quantitative estimate of drug-likeness (QED) is 0.0834. The number of hydrogen-bond acceptors (Lipinski definition) is 6. The SMILES string of the molecule is CCCOCCOc1ccc(-c2ccc(OCC)c(/C=C/C(=O)Cc3ccc(S(=O)Cc4c(C)ncn4CCC)cc3)c2)cc1. The first kappa shape index (κ1) is 33.9. The highest BCUT2D eigenvalue weighted by atomic mass is 32.2. The van der Waals surface area contributed by atoms with Gasteiger partial charge in [0.25, 0.3) is 0 Å². The number of imidazole rings is 1. The second-order valence-corrected chi connectivity index (χ2v) is 12.2. The number of aromatic nitrogens is 2. The zero-order valence-electron chi connectivity index (χ0n) is 26.8. The fraction of sp³-hybridized carbons (Fsp3) is 0.351. The number of allylic oxidation sites excluding steroid dienone is 1. The molecule has 0 aliphatic carbocycles. The van der Waals surface area contributed by atoms with Crippen molar-refractivity contribution >= 4 is 22.7 Å². The molecule has 4 rings (SSSR count). The zero-order chi connectivity index (χ0) is 32.0. The van der Waals surface area contributed by atoms with E-state index in [0.29, 0.717) is 25.6 Å². The molecule has 0 bridgehead atoms. The molecular weight excluding hydrogens is 584 g/mol. The lowest BCUT2D eigenvalue weighted by Crippen LogP contribution is -2.06. The molecule has 0 radical (unpaired) electrons. The first-order chi connectivity index (χ1) is 21.9. The van der Waals surface area contributed by atoms with Crippen LogP contribution in [0.25, 0.3) is 17.2 Å². The average Bonchev–Trinajstić information content (AvgIpc) is 3.39. The van der Waals surface area contributed by atoms with Gasteiger partial charge >= 0.3 is 0 Å². The summed E-state index contributed by atoms with van der Waals surface area (Å²) in [6, 6.07) is 21.4. The van der Waals surface area contributed by atoms with Gasteiger partial charge in [0.05, 0.1) is 47.5 Å². The lowest BCUT2D eigenvalue weighted by atomic mass is 10.0. The van der Waals surface area contributed by atoms with Gasteiger partial charge in [-0.3, -0.25) is 9.00 Å². The fourth-order valence-electron chi connectivity index (χ4n) is 4.89. The Labute approximate surface area is 269 Å². The molecule has 238 valence electrons. The Morgan fingerprint density at radius 3 is 2.36 bits per heavy atom. The number of aryl methyl sites for hydroxylation is 2. The Morgan fingerprint density at radius 2 is 1.64 bits per heavy atom. The Kier molecular flexibility index (Phi) is 13.2. The summed E-state index contributed by atoms with van der Waals surface area (Å²) in [5, 5.41) is 0. The molecule has 0 fully saturated rings. The van der Waals surface area contributed by atoms with Gasteiger partial charge < -0.3 is 18.8 Å². The van der Waals surface area contributed by atoms with Crippen LogP contribution in [0.1, 0.15) is 56.1 Å². The van der Waals surface area contributed by atoms with Crippen molar-refractivity contribution in [3.8, 4) is 22.6 Å². The monoisotopic (exact) mass is 628 g/mol. The number of carbonyl (C=O) groups excluding carboxylic acids is 1. The molecule has 0 saturated carbocycles. The van der Waals surface area contributed by atoms with Crippen molar-refractivity contribution in [3.63, 3.8) is 0 Å². The highest BCUT2D eigenvalue weighted by Gasteiger charge is 2.13. The van der Waals surface area contributed by atoms with Crippen molar-refractivity contribution in [1.29, 1.82) is 0 Å². The van der Waals surface area contributed by atoms with Gasteiger partial charge in [-0.15, -0.1) is 0 Å². The van der Waals surface area contributed by atoms with Crippen LogP contribution >= 0.6 is 0 Å². The lowest BCUT2D eigenvalue weighted by molar-refractivity contribution is -0.113. The van der Waals surface area contributed by atoms with Crippen molar-refractivity contribution in [2.45, 2.75) is 64.2 Å². The third-order valence-corrected chi connectivity index (χ3v) is 8.58. The summed E-state index contributed by atoms with van der Waals surface area (Å²) in [5.74, 6) is 1.91. The first-order valence-corrected chi connectivity index (χ1v) is 17.0. The summed E-state index contributed by atoms with van der Waals surface area (Å²) in [6.07, 6.45) is 7.47. The number of carbonyl (C=O) groups is 1. The number of ketones is 1. The summed E-state index contributed by atoms with van der Waals surface area (Å²) in [4.78, 5) is 18.1. The van der Waals surface area contributed by atoms with Gasteiger partial charge in [-0.05, 0) is 91.9 Å². The Morgan fingerprint density at radius 1 is 0.889 bits per heavy atom. The number of nitrogens with zero attached hydrogens (tertiary/aromatic N) is 2. The molecule has 0 N–H and O–H groups in total. The largest absolute Gasteiger partial charge is 0.493 e. The Bertz CT molecular complexity index is 1580. The van der Waals surface area contributed by atoms with Crippen molar-refractivity contribution < 1.29 is 23.2 Å². The van der Waals surface area contributed by atoms with E-state index in [-0.39, 0.29) is 12.2 Å². The standard InChI is InChI=1S/C37H44N2O5S/c1-5-20-39-27-38-28(4)36(39)26-45(41)35-17-8-29(9-18-35)24-33(40)14-10-32-25-31(13-19-37(32)43-7-3)30-11-15-34(16-12-30)44-23-22-42-21-6-2/h8-19,25,27H,5-7,20-24,26H2,1-4H3/b14-10+. The summed E-state index contributed by atoms with van der Waals surface area (Å²) in [6.45, 7) is 11.3. The number of ether oxygens (including phenoxy) is 3. The topological polar surface area (TPSA) is 79.7 Å². The van der Waals surface area contributed by atoms with Crippen LogP contribution < -0.4 is 9.47 Å². The van der Waals surface area contributed by atoms with E-state index < -0.39 is 10.8 Å². The van der Waals surface area contributed by atoms with Crippen LogP contribution in [-0.4, -0.2) is 46.0 Å². The van der Waals surface area contributed by atoms with Crippen LogP contribution in [0.5, 0.6) is 11.5 Å². The molecule has 1 heterocycles. The second kappa shape index (κ2) is 17.5. The van der Waals surface area contributed by atoms with Crippen molar-refractivity contribution in [1.82, 2.24) is 9.55 Å². The molecule has 1 atom stereocenters. The molecule has 45 heavy (non-hydrogen) atoms. The summed E-state index contributed by atoms with van der Waals surface area (Å²) < 4.78 is 32.3. The van der Waals surface area contributed by atoms with E-state index in [1.54, 1.807) is 6.08 Å². The molecular formula is C37H44N2O5S. The van der Waals surface area contributed by atoms with E-state index in [4.69, 9.17) is 14.2 Å². The van der Waals surface area contributed by atoms with Gasteiger partial charge in [0, 0.05) is 30.0 Å². The number of benzene rings is 3. The minimum atomic E-state index is -1.20. The molecule has 0 aliphatic heterocycles. The molecule has 8 heteroatoms. The molecule has 0 aliphatic rings. The number of hydrogen-bond donors (Lipinski definition) is 0. The zero-order valence-corrected chi connectivity index (χ0v) is 27.6. The van der Waals surface area contributed by atoms with Gasteiger partial charge in [-0.2, -0.15) is 0 Å². The van der Waals surface area contributed by atoms with E-state index in [1.165, 1.54) is 0 Å². The third-order valence-electron chi connectivity index (χ3n) is 7.24. The van der Waals surface area contributed by atoms with Crippen LogP contribution in [0, 0.1) is 6.92 Å². The van der Waals surface area contributed by atoms with Crippen molar-refractivity contribution in [3.05, 3.63) is 102 Å². The molecule has 0 spiro atoms. The normalized spacial score (nSPS) is 12.0. The third kappa shape index (κ3) is 9.99. The van der Waals surface area contributed by atoms with Crippen molar-refractivity contribution in [2.24, 2.45) is 0 Å². The van der Waals surface area contributed by atoms with Crippen molar-refractivity contribution in [2.75, 3.05) is 26.4 Å². The molecule has 3 aromatic carbocycles. The van der Waals surface area contributed by atoms with Gasteiger partial charge in [0.15, 0.2) is 5.78 Å². The van der Waals surface area contributed by atoms with Gasteiger partial charge in [0.1, 0.15) is 18.1 Å². The number of rotatable bonds is 18. The predicted molar refractivity (Wildman–Crippen MR) is 181 cm³/mol. The van der Waals surface area contributed by atoms with Crippen LogP contribution in [0.4, 0.5) is 0 Å². The van der Waals surface area contributed by atoms with Crippen LogP contribution in [0.3, 0.4) is 0 Å². The molecule has 7 nitrogen and oxygen atoms in total. The highest BCUT2D eigenvalue weighted by molar-refractivity contribution is 7.84. The highest BCUT2D eigenvalue weighted by Crippen LogP contribution is 2.29. The average molecular weight is 629 g/mol. The summed E-state index contributed by atoms with van der Waals surface area (Å²) in [7, 11) is -1.20. The fourth-order valence-corrected chi connectivity index (χ4v) is 6.12. The van der Waals surface area contributed by atoms with Gasteiger partial charge in [-0.25, -0.2) is 4.98 Å². The Balaban J connectivity index is 1.38. The molecule has 1 aromatic heterocycles. The molecule has 0 amide bonds. The van der Waals surface area contributed by atoms with Crippen LogP contribution in [0.2, 0.25) is 0 Å². The lowest BCUT2D eigenvalue weighted by Gasteiger charge is -2.11. The smallest absolute Gasteiger partial charge is 0.160 e. The maximum Gasteiger partial charge on any atom is 0.160 e. The maximum atomic E-state index is 13.1. The van der Waals surface area contributed by atoms with Gasteiger partial charge in [0.2, 0.25) is 0 Å². The van der Waals surface area contributed by atoms with E-state index in [2.05, 4.69) is 23.4 Å². The van der Waals surface area contributed by atoms with Crippen LogP contribution in [-0.2, 0) is 39.0 Å². The first-order valence-electron chi connectivity index (χ1n) is 15.7. The molecule has 1 unspecified atom stereocenters. The Hall–Kier alpha value is -4.01. The van der Waals surface area contributed by atoms with E-state index in [0.717, 1.165) is 76.0 Å². The summed E-state index contributed by atoms with van der Waals surface area (Å²) >= 11 is 0. The van der Waals surface area contributed by atoms with Crippen LogP contribution in [0.15, 0.2) is 84.0 Å².